The topological polar surface area (TPSA) is 96.1 Å². The predicted molar refractivity (Wildman–Crippen MR) is 150 cm³/mol. The molecule has 4 aromatic rings. The van der Waals surface area contributed by atoms with Crippen LogP contribution in [0.2, 0.25) is 0 Å². The van der Waals surface area contributed by atoms with Crippen LogP contribution in [0.5, 0.6) is 5.75 Å². The summed E-state index contributed by atoms with van der Waals surface area (Å²) in [5, 5.41) is 5.99. The first kappa shape index (κ1) is 25.3. The smallest absolute Gasteiger partial charge is 0.255 e. The number of rotatable bonds is 7. The predicted octanol–water partition coefficient (Wildman–Crippen LogP) is 6.91. The summed E-state index contributed by atoms with van der Waals surface area (Å²) in [4.78, 5) is 33.1. The van der Waals surface area contributed by atoms with Crippen molar-refractivity contribution in [3.63, 3.8) is 0 Å². The van der Waals surface area contributed by atoms with Crippen molar-refractivity contribution in [1.29, 1.82) is 0 Å². The van der Waals surface area contributed by atoms with Crippen molar-refractivity contribution in [1.82, 2.24) is 9.97 Å². The second-order valence-corrected chi connectivity index (χ2v) is 9.66. The maximum atomic E-state index is 12.7. The number of hydrogen-bond donors (Lipinski definition) is 3. The van der Waals surface area contributed by atoms with E-state index >= 15 is 0 Å². The van der Waals surface area contributed by atoms with E-state index < -0.39 is 0 Å². The SMILES string of the molecule is COc1ccc(C(=O)Nc2ccc(-c3ncc(-c4ccc(NC(=O)C5CCCCCC5)cc4)[nH]3)cc2)cc1. The van der Waals surface area contributed by atoms with Gasteiger partial charge in [0.2, 0.25) is 5.91 Å². The zero-order valence-electron chi connectivity index (χ0n) is 21.5. The molecule has 1 aliphatic carbocycles. The summed E-state index contributed by atoms with van der Waals surface area (Å²) in [6.45, 7) is 0. The molecule has 3 aromatic carbocycles. The van der Waals surface area contributed by atoms with Crippen LogP contribution in [0.3, 0.4) is 0 Å². The lowest BCUT2D eigenvalue weighted by Gasteiger charge is -2.14. The van der Waals surface area contributed by atoms with Gasteiger partial charge in [-0.25, -0.2) is 4.98 Å². The first-order valence-corrected chi connectivity index (χ1v) is 13.1. The molecule has 194 valence electrons. The highest BCUT2D eigenvalue weighted by molar-refractivity contribution is 6.04. The number of benzene rings is 3. The van der Waals surface area contributed by atoms with Crippen LogP contribution in [0.4, 0.5) is 11.4 Å². The number of nitrogens with zero attached hydrogens (tertiary/aromatic N) is 1. The van der Waals surface area contributed by atoms with Crippen molar-refractivity contribution in [3.8, 4) is 28.4 Å². The lowest BCUT2D eigenvalue weighted by molar-refractivity contribution is -0.120. The monoisotopic (exact) mass is 508 g/mol. The van der Waals surface area contributed by atoms with Crippen molar-refractivity contribution in [2.45, 2.75) is 38.5 Å². The fourth-order valence-electron chi connectivity index (χ4n) is 4.79. The zero-order valence-corrected chi connectivity index (χ0v) is 21.5. The van der Waals surface area contributed by atoms with Crippen LogP contribution in [0, 0.1) is 5.92 Å². The van der Waals surface area contributed by atoms with Gasteiger partial charge < -0.3 is 20.4 Å². The van der Waals surface area contributed by atoms with E-state index in [1.165, 1.54) is 12.8 Å². The fourth-order valence-corrected chi connectivity index (χ4v) is 4.79. The lowest BCUT2D eigenvalue weighted by Crippen LogP contribution is -2.22. The van der Waals surface area contributed by atoms with E-state index in [2.05, 4.69) is 20.6 Å². The van der Waals surface area contributed by atoms with E-state index in [1.54, 1.807) is 37.6 Å². The van der Waals surface area contributed by atoms with E-state index in [1.807, 2.05) is 48.5 Å². The van der Waals surface area contributed by atoms with Gasteiger partial charge in [0.1, 0.15) is 11.6 Å². The minimum atomic E-state index is -0.186. The number of anilines is 2. The highest BCUT2D eigenvalue weighted by atomic mass is 16.5. The first-order valence-electron chi connectivity index (χ1n) is 13.1. The van der Waals surface area contributed by atoms with Crippen LogP contribution in [-0.2, 0) is 4.79 Å². The standard InChI is InChI=1S/C31H32N4O3/c1-38-27-18-12-24(13-19-27)31(37)34-26-16-10-22(11-17-26)29-32-20-28(35-29)21-8-14-25(15-9-21)33-30(36)23-6-4-2-3-5-7-23/h8-20,23H,2-7H2,1H3,(H,32,35)(H,33,36)(H,34,37). The molecule has 3 N–H and O–H groups in total. The minimum Gasteiger partial charge on any atom is -0.497 e. The van der Waals surface area contributed by atoms with Crippen LogP contribution in [0.1, 0.15) is 48.9 Å². The Hall–Kier alpha value is -4.39. The molecular formula is C31H32N4O3. The molecule has 38 heavy (non-hydrogen) atoms. The van der Waals surface area contributed by atoms with Crippen LogP contribution < -0.4 is 15.4 Å². The number of aromatic amines is 1. The molecule has 0 atom stereocenters. The number of amides is 2. The highest BCUT2D eigenvalue weighted by Gasteiger charge is 2.20. The van der Waals surface area contributed by atoms with E-state index in [4.69, 9.17) is 4.74 Å². The van der Waals surface area contributed by atoms with Gasteiger partial charge in [-0.05, 0) is 79.1 Å². The van der Waals surface area contributed by atoms with E-state index in [0.29, 0.717) is 17.0 Å². The van der Waals surface area contributed by atoms with Gasteiger partial charge in [-0.15, -0.1) is 0 Å². The second-order valence-electron chi connectivity index (χ2n) is 9.66. The number of nitrogens with one attached hydrogen (secondary N) is 3. The fraction of sp³-hybridized carbons (Fsp3) is 0.258. The molecule has 0 unspecified atom stereocenters. The average molecular weight is 509 g/mol. The summed E-state index contributed by atoms with van der Waals surface area (Å²) in [5.74, 6) is 1.51. The van der Waals surface area contributed by atoms with Gasteiger partial charge in [-0.2, -0.15) is 0 Å². The van der Waals surface area contributed by atoms with Gasteiger partial charge in [0.05, 0.1) is 19.0 Å². The van der Waals surface area contributed by atoms with Gasteiger partial charge in [0, 0.05) is 28.4 Å². The molecule has 1 heterocycles. The Bertz CT molecular complexity index is 1370. The molecule has 1 aromatic heterocycles. The molecule has 5 rings (SSSR count). The largest absolute Gasteiger partial charge is 0.497 e. The van der Waals surface area contributed by atoms with Crippen molar-refractivity contribution in [2.24, 2.45) is 5.92 Å². The molecular weight excluding hydrogens is 476 g/mol. The number of carbonyl (C=O) groups is 2. The molecule has 1 saturated carbocycles. The average Bonchev–Trinajstić information content (AvgIpc) is 3.28. The number of aromatic nitrogens is 2. The van der Waals surface area contributed by atoms with E-state index in [9.17, 15) is 9.59 Å². The summed E-state index contributed by atoms with van der Waals surface area (Å²) in [6, 6.07) is 22.3. The van der Waals surface area contributed by atoms with Crippen molar-refractivity contribution in [3.05, 3.63) is 84.6 Å². The molecule has 2 amide bonds. The van der Waals surface area contributed by atoms with Crippen LogP contribution in [-0.4, -0.2) is 28.9 Å². The number of methoxy groups -OCH3 is 1. The summed E-state index contributed by atoms with van der Waals surface area (Å²) in [7, 11) is 1.59. The van der Waals surface area contributed by atoms with Crippen LogP contribution in [0.15, 0.2) is 79.0 Å². The molecule has 0 radical (unpaired) electrons. The molecule has 0 aliphatic heterocycles. The Labute approximate surface area is 222 Å². The Morgan fingerprint density at radius 2 is 1.39 bits per heavy atom. The normalized spacial score (nSPS) is 13.9. The summed E-state index contributed by atoms with van der Waals surface area (Å²) in [5.41, 5.74) is 4.85. The zero-order chi connectivity index (χ0) is 26.3. The number of ether oxygens (including phenoxy) is 1. The Morgan fingerprint density at radius 1 is 0.789 bits per heavy atom. The first-order chi connectivity index (χ1) is 18.6. The van der Waals surface area contributed by atoms with Gasteiger partial charge in [-0.3, -0.25) is 9.59 Å². The molecule has 0 spiro atoms. The van der Waals surface area contributed by atoms with Gasteiger partial charge in [0.25, 0.3) is 5.91 Å². The minimum absolute atomic E-state index is 0.120. The molecule has 7 nitrogen and oxygen atoms in total. The maximum absolute atomic E-state index is 12.7. The van der Waals surface area contributed by atoms with Gasteiger partial charge in [-0.1, -0.05) is 37.8 Å². The Kier molecular flexibility index (Phi) is 7.83. The number of H-pyrrole nitrogens is 1. The highest BCUT2D eigenvalue weighted by Crippen LogP contribution is 2.27. The summed E-state index contributed by atoms with van der Waals surface area (Å²) in [6.07, 6.45) is 8.51. The third kappa shape index (κ3) is 6.11. The van der Waals surface area contributed by atoms with Crippen LogP contribution >= 0.6 is 0 Å². The summed E-state index contributed by atoms with van der Waals surface area (Å²) >= 11 is 0. The molecule has 1 aliphatic rings. The van der Waals surface area contributed by atoms with Gasteiger partial charge >= 0.3 is 0 Å². The number of carbonyl (C=O) groups excluding carboxylic acids is 2. The molecule has 7 heteroatoms. The molecule has 0 bridgehead atoms. The summed E-state index contributed by atoms with van der Waals surface area (Å²) < 4.78 is 5.14. The van der Waals surface area contributed by atoms with Gasteiger partial charge in [0.15, 0.2) is 0 Å². The van der Waals surface area contributed by atoms with Crippen molar-refractivity contribution in [2.75, 3.05) is 17.7 Å². The Morgan fingerprint density at radius 3 is 2.03 bits per heavy atom. The molecule has 0 saturated heterocycles. The van der Waals surface area contributed by atoms with E-state index in [0.717, 1.165) is 54.0 Å². The van der Waals surface area contributed by atoms with Crippen molar-refractivity contribution < 1.29 is 14.3 Å². The second kappa shape index (κ2) is 11.8. The van der Waals surface area contributed by atoms with Crippen LogP contribution in [0.25, 0.3) is 22.6 Å². The van der Waals surface area contributed by atoms with Crippen molar-refractivity contribution >= 4 is 23.2 Å². The maximum Gasteiger partial charge on any atom is 0.255 e. The van der Waals surface area contributed by atoms with E-state index in [-0.39, 0.29) is 17.7 Å². The third-order valence-electron chi connectivity index (χ3n) is 7.03. The number of imidazole rings is 1. The quantitative estimate of drug-likeness (QED) is 0.236. The number of hydrogen-bond acceptors (Lipinski definition) is 4. The lowest BCUT2D eigenvalue weighted by atomic mass is 9.99. The Balaban J connectivity index is 1.19. The third-order valence-corrected chi connectivity index (χ3v) is 7.03. The molecule has 1 fully saturated rings.